The van der Waals surface area contributed by atoms with Crippen LogP contribution in [0.5, 0.6) is 0 Å². The van der Waals surface area contributed by atoms with Crippen molar-refractivity contribution in [3.63, 3.8) is 0 Å². The van der Waals surface area contributed by atoms with Crippen LogP contribution in [0.15, 0.2) is 36.6 Å². The summed E-state index contributed by atoms with van der Waals surface area (Å²) >= 11 is 0. The molecule has 9 heavy (non-hydrogen) atoms. The van der Waals surface area contributed by atoms with E-state index in [0.29, 0.717) is 0 Å². The topological polar surface area (TPSA) is 46.2 Å². The van der Waals surface area contributed by atoms with Gasteiger partial charge in [-0.15, -0.1) is 0 Å². The van der Waals surface area contributed by atoms with Gasteiger partial charge >= 0.3 is 0 Å². The summed E-state index contributed by atoms with van der Waals surface area (Å²) in [6, 6.07) is 0. The summed E-state index contributed by atoms with van der Waals surface area (Å²) in [6.45, 7) is 3.47. The molecule has 0 spiro atoms. The van der Waals surface area contributed by atoms with Crippen LogP contribution in [-0.2, 0) is 0 Å². The second-order valence-corrected chi connectivity index (χ2v) is 1.49. The van der Waals surface area contributed by atoms with Crippen LogP contribution in [0.4, 0.5) is 0 Å². The van der Waals surface area contributed by atoms with E-state index in [1.54, 1.807) is 18.2 Å². The summed E-state index contributed by atoms with van der Waals surface area (Å²) in [6.07, 6.45) is 6.31. The molecule has 0 aromatic carbocycles. The first kappa shape index (κ1) is 7.98. The van der Waals surface area contributed by atoms with Crippen LogP contribution in [0.2, 0.25) is 0 Å². The van der Waals surface area contributed by atoms with E-state index in [1.165, 1.54) is 6.20 Å². The molecule has 0 heterocycles. The zero-order chi connectivity index (χ0) is 7.11. The van der Waals surface area contributed by atoms with Crippen LogP contribution in [0.3, 0.4) is 0 Å². The maximum atomic E-state index is 8.57. The number of aliphatic hydroxyl groups excluding tert-OH is 1. The third-order valence-corrected chi connectivity index (χ3v) is 0.825. The quantitative estimate of drug-likeness (QED) is 0.541. The number of allylic oxidation sites excluding steroid dienone is 2. The largest absolute Gasteiger partial charge is 0.405 e. The molecule has 0 atom stereocenters. The minimum absolute atomic E-state index is 0.000278. The molecule has 0 aliphatic heterocycles. The Hall–Kier alpha value is -1.02. The molecule has 0 aliphatic rings. The zero-order valence-corrected chi connectivity index (χ0v) is 5.25. The summed E-state index contributed by atoms with van der Waals surface area (Å²) in [7, 11) is 0. The molecule has 0 fully saturated rings. The Morgan fingerprint density at radius 2 is 2.33 bits per heavy atom. The van der Waals surface area contributed by atoms with Crippen LogP contribution >= 0.6 is 0 Å². The van der Waals surface area contributed by atoms with Crippen LogP contribution in [-0.4, -0.2) is 11.7 Å². The molecule has 0 aromatic rings. The monoisotopic (exact) mass is 125 g/mol. The van der Waals surface area contributed by atoms with Crippen molar-refractivity contribution >= 4 is 0 Å². The third-order valence-electron chi connectivity index (χ3n) is 0.825. The van der Waals surface area contributed by atoms with Crippen LogP contribution in [0, 0.1) is 0 Å². The van der Waals surface area contributed by atoms with E-state index in [2.05, 4.69) is 6.58 Å². The average Bonchev–Trinajstić information content (AvgIpc) is 1.88. The lowest BCUT2D eigenvalue weighted by Crippen LogP contribution is -1.86. The fraction of sp³-hybridized carbons (Fsp3) is 0.143. The van der Waals surface area contributed by atoms with Crippen molar-refractivity contribution in [3.05, 3.63) is 36.6 Å². The fourth-order valence-corrected chi connectivity index (χ4v) is 0.436. The lowest BCUT2D eigenvalue weighted by atomic mass is 10.2. The predicted octanol–water partition coefficient (Wildman–Crippen LogP) is 0.564. The van der Waals surface area contributed by atoms with Crippen molar-refractivity contribution in [2.45, 2.75) is 0 Å². The lowest BCUT2D eigenvalue weighted by Gasteiger charge is -1.90. The minimum atomic E-state index is -0.000278. The minimum Gasteiger partial charge on any atom is -0.405 e. The Morgan fingerprint density at radius 1 is 1.67 bits per heavy atom. The molecule has 0 bridgehead atoms. The third kappa shape index (κ3) is 3.55. The highest BCUT2D eigenvalue weighted by Gasteiger charge is 1.82. The Kier molecular flexibility index (Phi) is 4.54. The summed E-state index contributed by atoms with van der Waals surface area (Å²) < 4.78 is 0. The van der Waals surface area contributed by atoms with Gasteiger partial charge in [-0.2, -0.15) is 0 Å². The first-order valence-corrected chi connectivity index (χ1v) is 2.66. The molecule has 0 aliphatic carbocycles. The van der Waals surface area contributed by atoms with Gasteiger partial charge in [0.15, 0.2) is 0 Å². The van der Waals surface area contributed by atoms with Crippen molar-refractivity contribution in [3.8, 4) is 0 Å². The van der Waals surface area contributed by atoms with Crippen molar-refractivity contribution in [1.82, 2.24) is 0 Å². The maximum absolute atomic E-state index is 8.57. The smallest absolute Gasteiger partial charge is 0.0682 e. The van der Waals surface area contributed by atoms with Gasteiger partial charge in [0, 0.05) is 0 Å². The van der Waals surface area contributed by atoms with Gasteiger partial charge in [0.2, 0.25) is 0 Å². The van der Waals surface area contributed by atoms with E-state index in [-0.39, 0.29) is 6.61 Å². The summed E-state index contributed by atoms with van der Waals surface area (Å²) in [4.78, 5) is 0. The molecule has 0 saturated carbocycles. The first-order chi connectivity index (χ1) is 4.35. The lowest BCUT2D eigenvalue weighted by molar-refractivity contribution is 0.335. The van der Waals surface area contributed by atoms with Crippen molar-refractivity contribution in [2.75, 3.05) is 6.61 Å². The second-order valence-electron chi connectivity index (χ2n) is 1.49. The van der Waals surface area contributed by atoms with Gasteiger partial charge in [0.25, 0.3) is 0 Å². The van der Waals surface area contributed by atoms with Gasteiger partial charge in [-0.1, -0.05) is 18.7 Å². The zero-order valence-electron chi connectivity index (χ0n) is 5.25. The maximum Gasteiger partial charge on any atom is 0.0682 e. The van der Waals surface area contributed by atoms with Gasteiger partial charge in [-0.3, -0.25) is 0 Å². The normalized spacial score (nSPS) is 12.3. The molecular weight excluding hydrogens is 114 g/mol. The molecule has 0 amide bonds. The van der Waals surface area contributed by atoms with Gasteiger partial charge < -0.3 is 10.8 Å². The Balaban J connectivity index is 3.96. The average molecular weight is 125 g/mol. The molecule has 50 valence electrons. The highest BCUT2D eigenvalue weighted by molar-refractivity contribution is 5.22. The van der Waals surface area contributed by atoms with Gasteiger partial charge in [0.1, 0.15) is 0 Å². The number of hydrogen-bond donors (Lipinski definition) is 2. The van der Waals surface area contributed by atoms with Gasteiger partial charge in [-0.05, 0) is 17.8 Å². The standard InChI is InChI=1S/C7H11NO/c1-2-3-7(6-9)4-5-8/h2-5,9H,1,6,8H2/b5-4-,7-3+. The van der Waals surface area contributed by atoms with Crippen molar-refractivity contribution < 1.29 is 5.11 Å². The van der Waals surface area contributed by atoms with E-state index < -0.39 is 0 Å². The highest BCUT2D eigenvalue weighted by atomic mass is 16.3. The van der Waals surface area contributed by atoms with Crippen LogP contribution in [0.25, 0.3) is 0 Å². The first-order valence-electron chi connectivity index (χ1n) is 2.66. The second kappa shape index (κ2) is 5.12. The summed E-state index contributed by atoms with van der Waals surface area (Å²) in [5.41, 5.74) is 5.83. The van der Waals surface area contributed by atoms with E-state index in [1.807, 2.05) is 0 Å². The van der Waals surface area contributed by atoms with E-state index in [0.717, 1.165) is 5.57 Å². The molecule has 2 heteroatoms. The Morgan fingerprint density at radius 3 is 2.67 bits per heavy atom. The highest BCUT2D eigenvalue weighted by Crippen LogP contribution is 1.92. The van der Waals surface area contributed by atoms with Crippen molar-refractivity contribution in [1.29, 1.82) is 0 Å². The number of hydrogen-bond acceptors (Lipinski definition) is 2. The molecule has 3 N–H and O–H groups in total. The molecule has 0 radical (unpaired) electrons. The van der Waals surface area contributed by atoms with Gasteiger partial charge in [0.05, 0.1) is 6.61 Å². The van der Waals surface area contributed by atoms with Crippen LogP contribution in [0.1, 0.15) is 0 Å². The molecular formula is C7H11NO. The fourth-order valence-electron chi connectivity index (χ4n) is 0.436. The van der Waals surface area contributed by atoms with E-state index in [9.17, 15) is 0 Å². The molecule has 2 nitrogen and oxygen atoms in total. The summed E-state index contributed by atoms with van der Waals surface area (Å²) in [5.74, 6) is 0. The molecule has 0 saturated heterocycles. The Bertz CT molecular complexity index is 136. The summed E-state index contributed by atoms with van der Waals surface area (Å²) in [5, 5.41) is 8.57. The number of aliphatic hydroxyl groups is 1. The molecule has 0 aromatic heterocycles. The van der Waals surface area contributed by atoms with E-state index in [4.69, 9.17) is 10.8 Å². The molecule has 0 rings (SSSR count). The van der Waals surface area contributed by atoms with Crippen LogP contribution < -0.4 is 5.73 Å². The van der Waals surface area contributed by atoms with E-state index >= 15 is 0 Å². The van der Waals surface area contributed by atoms with Crippen molar-refractivity contribution in [2.24, 2.45) is 5.73 Å². The number of nitrogens with two attached hydrogens (primary N) is 1. The van der Waals surface area contributed by atoms with Gasteiger partial charge in [-0.25, -0.2) is 0 Å². The Labute approximate surface area is 55.0 Å². The SMILES string of the molecule is C=C/C=C(\C=C/N)CO. The molecule has 0 unspecified atom stereocenters. The predicted molar refractivity (Wildman–Crippen MR) is 38.7 cm³/mol. The number of rotatable bonds is 3.